The summed E-state index contributed by atoms with van der Waals surface area (Å²) >= 11 is 9.46. The van der Waals surface area contributed by atoms with Crippen LogP contribution in [0, 0.1) is 0 Å². The predicted octanol–water partition coefficient (Wildman–Crippen LogP) is 3.20. The van der Waals surface area contributed by atoms with E-state index in [-0.39, 0.29) is 0 Å². The molecule has 1 aliphatic rings. The van der Waals surface area contributed by atoms with Crippen LogP contribution in [0.5, 0.6) is 0 Å². The Morgan fingerprint density at radius 2 is 2.06 bits per heavy atom. The molecule has 0 spiro atoms. The van der Waals surface area contributed by atoms with Gasteiger partial charge in [0.1, 0.15) is 0 Å². The number of rotatable bonds is 3. The molecule has 1 atom stereocenters. The smallest absolute Gasteiger partial charge is 0.0548 e. The summed E-state index contributed by atoms with van der Waals surface area (Å²) in [4.78, 5) is 2.45. The van der Waals surface area contributed by atoms with E-state index in [0.717, 1.165) is 22.6 Å². The fourth-order valence-electron chi connectivity index (χ4n) is 2.27. The molecule has 0 amide bonds. The summed E-state index contributed by atoms with van der Waals surface area (Å²) in [7, 11) is 0. The van der Waals surface area contributed by atoms with Gasteiger partial charge in [-0.3, -0.25) is 4.90 Å². The first-order valence-corrected chi connectivity index (χ1v) is 6.78. The van der Waals surface area contributed by atoms with Gasteiger partial charge in [-0.15, -0.1) is 0 Å². The number of likely N-dealkylation sites (tertiary alicyclic amines) is 1. The lowest BCUT2D eigenvalue weighted by atomic mass is 10.1. The molecule has 2 rings (SSSR count). The number of halogens is 2. The normalized spacial score (nSPS) is 18.9. The van der Waals surface area contributed by atoms with Gasteiger partial charge < -0.3 is 5.73 Å². The molecule has 0 bridgehead atoms. The molecular weight excluding hydrogens is 288 g/mol. The standard InChI is InChI=1S/C12H16BrClN2/c13-10-7-9(3-4-11(10)14)12(8-15)16-5-1-2-6-16/h3-4,7,12H,1-2,5-6,8,15H2. The summed E-state index contributed by atoms with van der Waals surface area (Å²) < 4.78 is 0.948. The van der Waals surface area contributed by atoms with Crippen molar-refractivity contribution in [3.05, 3.63) is 33.3 Å². The monoisotopic (exact) mass is 302 g/mol. The van der Waals surface area contributed by atoms with Gasteiger partial charge in [-0.25, -0.2) is 0 Å². The van der Waals surface area contributed by atoms with Gasteiger partial charge in [-0.2, -0.15) is 0 Å². The SMILES string of the molecule is NCC(c1ccc(Cl)c(Br)c1)N1CCCC1. The van der Waals surface area contributed by atoms with Crippen molar-refractivity contribution in [1.82, 2.24) is 4.90 Å². The maximum absolute atomic E-state index is 6.00. The topological polar surface area (TPSA) is 29.3 Å². The number of nitrogens with two attached hydrogens (primary N) is 1. The molecule has 1 saturated heterocycles. The van der Waals surface area contributed by atoms with Gasteiger partial charge in [0, 0.05) is 17.1 Å². The second-order valence-electron chi connectivity index (χ2n) is 4.17. The third-order valence-corrected chi connectivity index (χ3v) is 4.35. The van der Waals surface area contributed by atoms with Gasteiger partial charge in [-0.05, 0) is 59.6 Å². The van der Waals surface area contributed by atoms with Crippen molar-refractivity contribution in [3.8, 4) is 0 Å². The lowest BCUT2D eigenvalue weighted by Gasteiger charge is -2.26. The first kappa shape index (κ1) is 12.4. The molecule has 0 aliphatic carbocycles. The maximum atomic E-state index is 6.00. The van der Waals surface area contributed by atoms with Crippen molar-refractivity contribution in [2.45, 2.75) is 18.9 Å². The fourth-order valence-corrected chi connectivity index (χ4v) is 2.78. The minimum absolute atomic E-state index is 0.330. The highest BCUT2D eigenvalue weighted by atomic mass is 79.9. The largest absolute Gasteiger partial charge is 0.329 e. The Labute approximate surface area is 110 Å². The highest BCUT2D eigenvalue weighted by molar-refractivity contribution is 9.10. The van der Waals surface area contributed by atoms with Crippen LogP contribution in [0.15, 0.2) is 22.7 Å². The second kappa shape index (κ2) is 5.50. The third kappa shape index (κ3) is 2.59. The van der Waals surface area contributed by atoms with Crippen molar-refractivity contribution in [2.24, 2.45) is 5.73 Å². The first-order chi connectivity index (χ1) is 7.72. The zero-order valence-corrected chi connectivity index (χ0v) is 11.5. The van der Waals surface area contributed by atoms with Crippen LogP contribution >= 0.6 is 27.5 Å². The van der Waals surface area contributed by atoms with E-state index in [4.69, 9.17) is 17.3 Å². The molecule has 1 aromatic carbocycles. The lowest BCUT2D eigenvalue weighted by Crippen LogP contribution is -2.31. The Bertz CT molecular complexity index is 364. The summed E-state index contributed by atoms with van der Waals surface area (Å²) in [5.41, 5.74) is 7.13. The summed E-state index contributed by atoms with van der Waals surface area (Å²) in [5, 5.41) is 0.751. The van der Waals surface area contributed by atoms with Crippen molar-refractivity contribution in [1.29, 1.82) is 0 Å². The van der Waals surface area contributed by atoms with Crippen LogP contribution in [-0.4, -0.2) is 24.5 Å². The molecule has 0 radical (unpaired) electrons. The van der Waals surface area contributed by atoms with Gasteiger partial charge in [0.25, 0.3) is 0 Å². The Kier molecular flexibility index (Phi) is 4.25. The zero-order valence-electron chi connectivity index (χ0n) is 9.13. The summed E-state index contributed by atoms with van der Waals surface area (Å²) in [6.07, 6.45) is 2.57. The third-order valence-electron chi connectivity index (χ3n) is 3.13. The van der Waals surface area contributed by atoms with Gasteiger partial charge >= 0.3 is 0 Å². The lowest BCUT2D eigenvalue weighted by molar-refractivity contribution is 0.251. The number of hydrogen-bond donors (Lipinski definition) is 1. The van der Waals surface area contributed by atoms with E-state index in [1.807, 2.05) is 6.07 Å². The predicted molar refractivity (Wildman–Crippen MR) is 71.8 cm³/mol. The molecule has 2 nitrogen and oxygen atoms in total. The van der Waals surface area contributed by atoms with Gasteiger partial charge in [-0.1, -0.05) is 17.7 Å². The molecule has 88 valence electrons. The molecule has 1 fully saturated rings. The zero-order chi connectivity index (χ0) is 11.5. The van der Waals surface area contributed by atoms with E-state index in [2.05, 4.69) is 33.0 Å². The van der Waals surface area contributed by atoms with E-state index >= 15 is 0 Å². The van der Waals surface area contributed by atoms with Crippen LogP contribution < -0.4 is 5.73 Å². The minimum Gasteiger partial charge on any atom is -0.329 e. The summed E-state index contributed by atoms with van der Waals surface area (Å²) in [6.45, 7) is 2.97. The van der Waals surface area contributed by atoms with Gasteiger partial charge in [0.15, 0.2) is 0 Å². The molecule has 1 unspecified atom stereocenters. The molecule has 16 heavy (non-hydrogen) atoms. The van der Waals surface area contributed by atoms with Crippen LogP contribution in [-0.2, 0) is 0 Å². The number of nitrogens with zero attached hydrogens (tertiary/aromatic N) is 1. The highest BCUT2D eigenvalue weighted by Crippen LogP contribution is 2.29. The quantitative estimate of drug-likeness (QED) is 0.929. The number of benzene rings is 1. The first-order valence-electron chi connectivity index (χ1n) is 5.61. The van der Waals surface area contributed by atoms with Crippen LogP contribution in [0.2, 0.25) is 5.02 Å². The van der Waals surface area contributed by atoms with Crippen LogP contribution in [0.3, 0.4) is 0 Å². The summed E-state index contributed by atoms with van der Waals surface area (Å²) in [6, 6.07) is 6.41. The summed E-state index contributed by atoms with van der Waals surface area (Å²) in [5.74, 6) is 0. The minimum atomic E-state index is 0.330. The second-order valence-corrected chi connectivity index (χ2v) is 5.43. The van der Waals surface area contributed by atoms with E-state index in [1.165, 1.54) is 18.4 Å². The molecule has 0 aromatic heterocycles. The van der Waals surface area contributed by atoms with E-state index in [9.17, 15) is 0 Å². The van der Waals surface area contributed by atoms with Gasteiger partial charge in [0.05, 0.1) is 5.02 Å². The highest BCUT2D eigenvalue weighted by Gasteiger charge is 2.22. The Morgan fingerprint density at radius 3 is 2.62 bits per heavy atom. The Balaban J connectivity index is 2.22. The van der Waals surface area contributed by atoms with E-state index in [1.54, 1.807) is 0 Å². The number of hydrogen-bond acceptors (Lipinski definition) is 2. The van der Waals surface area contributed by atoms with Crippen molar-refractivity contribution < 1.29 is 0 Å². The molecule has 1 aliphatic heterocycles. The van der Waals surface area contributed by atoms with E-state index < -0.39 is 0 Å². The molecule has 0 saturated carbocycles. The van der Waals surface area contributed by atoms with Crippen LogP contribution in [0.4, 0.5) is 0 Å². The molecular formula is C12H16BrClN2. The van der Waals surface area contributed by atoms with Crippen molar-refractivity contribution in [2.75, 3.05) is 19.6 Å². The Hall–Kier alpha value is -0.0900. The van der Waals surface area contributed by atoms with Crippen molar-refractivity contribution in [3.63, 3.8) is 0 Å². The average molecular weight is 304 g/mol. The maximum Gasteiger partial charge on any atom is 0.0548 e. The molecule has 4 heteroatoms. The fraction of sp³-hybridized carbons (Fsp3) is 0.500. The van der Waals surface area contributed by atoms with Crippen LogP contribution in [0.25, 0.3) is 0 Å². The Morgan fingerprint density at radius 1 is 1.38 bits per heavy atom. The van der Waals surface area contributed by atoms with E-state index in [0.29, 0.717) is 12.6 Å². The molecule has 2 N–H and O–H groups in total. The average Bonchev–Trinajstić information content (AvgIpc) is 2.78. The molecule has 1 aromatic rings. The van der Waals surface area contributed by atoms with Crippen LogP contribution in [0.1, 0.15) is 24.4 Å². The molecule has 1 heterocycles. The van der Waals surface area contributed by atoms with Gasteiger partial charge in [0.2, 0.25) is 0 Å². The van der Waals surface area contributed by atoms with Crippen molar-refractivity contribution >= 4 is 27.5 Å².